The van der Waals surface area contributed by atoms with Gasteiger partial charge in [0, 0.05) is 13.2 Å². The Morgan fingerprint density at radius 2 is 2.32 bits per heavy atom. The second-order valence-electron chi connectivity index (χ2n) is 4.91. The summed E-state index contributed by atoms with van der Waals surface area (Å²) in [6.45, 7) is 5.10. The Balaban J connectivity index is 1.80. The molecule has 0 aromatic heterocycles. The minimum atomic E-state index is -0.498. The van der Waals surface area contributed by atoms with Gasteiger partial charge in [0.25, 0.3) is 5.91 Å². The Labute approximate surface area is 114 Å². The Hall–Kier alpha value is -1.55. The third-order valence-corrected chi connectivity index (χ3v) is 3.29. The number of carbonyl (C=O) groups is 1. The summed E-state index contributed by atoms with van der Waals surface area (Å²) in [5.41, 5.74) is 1.03. The second kappa shape index (κ2) is 6.57. The van der Waals surface area contributed by atoms with Gasteiger partial charge < -0.3 is 14.8 Å². The van der Waals surface area contributed by atoms with E-state index in [9.17, 15) is 4.79 Å². The molecule has 1 aliphatic rings. The highest BCUT2D eigenvalue weighted by Gasteiger charge is 2.19. The molecular weight excluding hydrogens is 242 g/mol. The van der Waals surface area contributed by atoms with Gasteiger partial charge in [0.05, 0.1) is 6.10 Å². The van der Waals surface area contributed by atoms with Crippen molar-refractivity contribution in [1.82, 2.24) is 5.32 Å². The lowest BCUT2D eigenvalue weighted by atomic mass is 10.2. The Morgan fingerprint density at radius 1 is 1.53 bits per heavy atom. The Bertz CT molecular complexity index is 427. The predicted molar refractivity (Wildman–Crippen MR) is 73.3 cm³/mol. The topological polar surface area (TPSA) is 47.6 Å². The van der Waals surface area contributed by atoms with E-state index in [-0.39, 0.29) is 12.0 Å². The fourth-order valence-corrected chi connectivity index (χ4v) is 2.10. The quantitative estimate of drug-likeness (QED) is 0.884. The normalized spacial score (nSPS) is 20.0. The number of para-hydroxylation sites is 1. The monoisotopic (exact) mass is 263 g/mol. The number of carbonyl (C=O) groups excluding carboxylic acids is 1. The van der Waals surface area contributed by atoms with Crippen LogP contribution in [-0.4, -0.2) is 31.3 Å². The molecule has 2 rings (SSSR count). The maximum Gasteiger partial charge on any atom is 0.260 e. The van der Waals surface area contributed by atoms with Crippen LogP contribution < -0.4 is 10.1 Å². The van der Waals surface area contributed by atoms with Gasteiger partial charge in [-0.1, -0.05) is 18.2 Å². The van der Waals surface area contributed by atoms with E-state index in [4.69, 9.17) is 9.47 Å². The molecule has 4 heteroatoms. The van der Waals surface area contributed by atoms with E-state index in [1.165, 1.54) is 0 Å². The number of hydrogen-bond donors (Lipinski definition) is 1. The van der Waals surface area contributed by atoms with Gasteiger partial charge in [-0.15, -0.1) is 0 Å². The number of hydrogen-bond acceptors (Lipinski definition) is 3. The van der Waals surface area contributed by atoms with Gasteiger partial charge in [0.2, 0.25) is 0 Å². The first-order valence-electron chi connectivity index (χ1n) is 6.78. The molecule has 2 unspecified atom stereocenters. The van der Waals surface area contributed by atoms with E-state index in [1.54, 1.807) is 6.92 Å². The molecule has 1 aromatic rings. The zero-order chi connectivity index (χ0) is 13.7. The number of aryl methyl sites for hydroxylation is 1. The molecule has 0 saturated carbocycles. The second-order valence-corrected chi connectivity index (χ2v) is 4.91. The first kappa shape index (κ1) is 13.9. The lowest BCUT2D eigenvalue weighted by Crippen LogP contribution is -2.40. The largest absolute Gasteiger partial charge is 0.481 e. The average molecular weight is 263 g/mol. The maximum atomic E-state index is 11.9. The van der Waals surface area contributed by atoms with E-state index in [0.29, 0.717) is 6.54 Å². The van der Waals surface area contributed by atoms with Gasteiger partial charge in [-0.25, -0.2) is 0 Å². The van der Waals surface area contributed by atoms with Gasteiger partial charge in [0.15, 0.2) is 6.10 Å². The molecule has 104 valence electrons. The summed E-state index contributed by atoms with van der Waals surface area (Å²) in [6, 6.07) is 7.69. The van der Waals surface area contributed by atoms with Gasteiger partial charge >= 0.3 is 0 Å². The molecule has 1 fully saturated rings. The third-order valence-electron chi connectivity index (χ3n) is 3.29. The Morgan fingerprint density at radius 3 is 3.00 bits per heavy atom. The molecule has 0 radical (unpaired) electrons. The smallest absolute Gasteiger partial charge is 0.260 e. The number of amides is 1. The molecule has 0 aliphatic carbocycles. The van der Waals surface area contributed by atoms with Crippen molar-refractivity contribution in [3.05, 3.63) is 29.8 Å². The van der Waals surface area contributed by atoms with Crippen LogP contribution in [0.2, 0.25) is 0 Å². The molecule has 0 bridgehead atoms. The highest BCUT2D eigenvalue weighted by Crippen LogP contribution is 2.17. The molecule has 4 nitrogen and oxygen atoms in total. The predicted octanol–water partition coefficient (Wildman–Crippen LogP) is 2.06. The fraction of sp³-hybridized carbons (Fsp3) is 0.533. The van der Waals surface area contributed by atoms with Gasteiger partial charge in [-0.2, -0.15) is 0 Å². The van der Waals surface area contributed by atoms with Crippen LogP contribution in [0.3, 0.4) is 0 Å². The van der Waals surface area contributed by atoms with Crippen LogP contribution in [0.4, 0.5) is 0 Å². The standard InChI is InChI=1S/C15H21NO3/c1-11-6-3-4-8-14(11)19-12(2)15(17)16-10-13-7-5-9-18-13/h3-4,6,8,12-13H,5,7,9-10H2,1-2H3,(H,16,17). The Kier molecular flexibility index (Phi) is 4.80. The molecule has 0 spiro atoms. The maximum absolute atomic E-state index is 11.9. The van der Waals surface area contributed by atoms with Crippen molar-refractivity contribution >= 4 is 5.91 Å². The molecule has 1 saturated heterocycles. The minimum Gasteiger partial charge on any atom is -0.481 e. The third kappa shape index (κ3) is 3.96. The van der Waals surface area contributed by atoms with Crippen molar-refractivity contribution in [3.8, 4) is 5.75 Å². The number of ether oxygens (including phenoxy) is 2. The fourth-order valence-electron chi connectivity index (χ4n) is 2.10. The van der Waals surface area contributed by atoms with Crippen molar-refractivity contribution in [3.63, 3.8) is 0 Å². The summed E-state index contributed by atoms with van der Waals surface area (Å²) in [7, 11) is 0. The molecule has 1 N–H and O–H groups in total. The van der Waals surface area contributed by atoms with Crippen LogP contribution in [0.1, 0.15) is 25.3 Å². The number of rotatable bonds is 5. The van der Waals surface area contributed by atoms with E-state index in [2.05, 4.69) is 5.32 Å². The highest BCUT2D eigenvalue weighted by molar-refractivity contribution is 5.80. The summed E-state index contributed by atoms with van der Waals surface area (Å²) in [6.07, 6.45) is 1.76. The summed E-state index contributed by atoms with van der Waals surface area (Å²) >= 11 is 0. The molecule has 1 heterocycles. The van der Waals surface area contributed by atoms with E-state index in [0.717, 1.165) is 30.8 Å². The summed E-state index contributed by atoms with van der Waals surface area (Å²) in [4.78, 5) is 11.9. The first-order valence-corrected chi connectivity index (χ1v) is 6.78. The molecule has 1 aromatic carbocycles. The van der Waals surface area contributed by atoms with Crippen molar-refractivity contribution < 1.29 is 14.3 Å². The van der Waals surface area contributed by atoms with Gasteiger partial charge in [0.1, 0.15) is 5.75 Å². The van der Waals surface area contributed by atoms with Crippen molar-refractivity contribution in [2.45, 2.75) is 38.9 Å². The van der Waals surface area contributed by atoms with Crippen LogP contribution in [0.25, 0.3) is 0 Å². The van der Waals surface area contributed by atoms with Crippen LogP contribution in [0, 0.1) is 6.92 Å². The molecule has 19 heavy (non-hydrogen) atoms. The lowest BCUT2D eigenvalue weighted by Gasteiger charge is -2.17. The van der Waals surface area contributed by atoms with E-state index >= 15 is 0 Å². The van der Waals surface area contributed by atoms with E-state index < -0.39 is 6.10 Å². The number of benzene rings is 1. The lowest BCUT2D eigenvalue weighted by molar-refractivity contribution is -0.127. The summed E-state index contributed by atoms with van der Waals surface area (Å²) in [5.74, 6) is 0.654. The first-order chi connectivity index (χ1) is 9.16. The molecule has 1 aliphatic heterocycles. The van der Waals surface area contributed by atoms with Crippen LogP contribution in [0.15, 0.2) is 24.3 Å². The van der Waals surface area contributed by atoms with Gasteiger partial charge in [-0.05, 0) is 38.3 Å². The summed E-state index contributed by atoms with van der Waals surface area (Å²) < 4.78 is 11.1. The van der Waals surface area contributed by atoms with Gasteiger partial charge in [-0.3, -0.25) is 4.79 Å². The summed E-state index contributed by atoms with van der Waals surface area (Å²) in [5, 5.41) is 2.88. The molecule has 1 amide bonds. The average Bonchev–Trinajstić information content (AvgIpc) is 2.91. The molecule has 2 atom stereocenters. The van der Waals surface area contributed by atoms with Crippen molar-refractivity contribution in [2.24, 2.45) is 0 Å². The SMILES string of the molecule is Cc1ccccc1OC(C)C(=O)NCC1CCCO1. The highest BCUT2D eigenvalue weighted by atomic mass is 16.5. The minimum absolute atomic E-state index is 0.0984. The van der Waals surface area contributed by atoms with Crippen molar-refractivity contribution in [1.29, 1.82) is 0 Å². The zero-order valence-electron chi connectivity index (χ0n) is 11.5. The van der Waals surface area contributed by atoms with Crippen molar-refractivity contribution in [2.75, 3.05) is 13.2 Å². The van der Waals surface area contributed by atoms with Crippen LogP contribution >= 0.6 is 0 Å². The molecular formula is C15H21NO3. The van der Waals surface area contributed by atoms with Crippen LogP contribution in [0.5, 0.6) is 5.75 Å². The van der Waals surface area contributed by atoms with Crippen LogP contribution in [-0.2, 0) is 9.53 Å². The van der Waals surface area contributed by atoms with E-state index in [1.807, 2.05) is 31.2 Å². The number of nitrogens with one attached hydrogen (secondary N) is 1. The zero-order valence-corrected chi connectivity index (χ0v) is 11.5.